The molecule has 0 amide bonds. The molecule has 0 aliphatic heterocycles. The predicted octanol–water partition coefficient (Wildman–Crippen LogP) is 4.82. The molecule has 1 unspecified atom stereocenters. The summed E-state index contributed by atoms with van der Waals surface area (Å²) in [4.78, 5) is 8.51. The number of anilines is 2. The van der Waals surface area contributed by atoms with Crippen molar-refractivity contribution in [2.75, 3.05) is 5.32 Å². The van der Waals surface area contributed by atoms with E-state index in [4.69, 9.17) is 0 Å². The van der Waals surface area contributed by atoms with E-state index in [9.17, 15) is 8.60 Å². The number of halogens is 1. The number of hydrogen-bond acceptors (Lipinski definition) is 6. The maximum Gasteiger partial charge on any atom is 0.247 e. The van der Waals surface area contributed by atoms with Crippen LogP contribution in [-0.4, -0.2) is 34.2 Å². The number of rotatable bonds is 7. The number of aromatic nitrogens is 6. The van der Waals surface area contributed by atoms with Gasteiger partial charge in [0.15, 0.2) is 5.03 Å². The van der Waals surface area contributed by atoms with Gasteiger partial charge in [-0.25, -0.2) is 13.7 Å². The first-order valence-electron chi connectivity index (χ1n) is 10.2. The summed E-state index contributed by atoms with van der Waals surface area (Å²) in [6.07, 6.45) is 5.12. The Kier molecular flexibility index (Phi) is 6.13. The van der Waals surface area contributed by atoms with Crippen molar-refractivity contribution in [3.05, 3.63) is 60.3 Å². The summed E-state index contributed by atoms with van der Waals surface area (Å²) >= 11 is 0. The number of nitrogens with one attached hydrogen (secondary N) is 2. The van der Waals surface area contributed by atoms with Crippen LogP contribution in [0.3, 0.4) is 0 Å². The van der Waals surface area contributed by atoms with Crippen LogP contribution in [0.1, 0.15) is 45.2 Å². The van der Waals surface area contributed by atoms with Crippen LogP contribution in [0, 0.1) is 5.82 Å². The van der Waals surface area contributed by atoms with Crippen molar-refractivity contribution in [2.24, 2.45) is 0 Å². The minimum absolute atomic E-state index is 0.0381. The molecule has 4 aromatic rings. The van der Waals surface area contributed by atoms with Crippen molar-refractivity contribution >= 4 is 22.4 Å². The van der Waals surface area contributed by atoms with Crippen molar-refractivity contribution < 1.29 is 8.60 Å². The van der Waals surface area contributed by atoms with E-state index >= 15 is 0 Å². The summed E-state index contributed by atoms with van der Waals surface area (Å²) in [5.41, 5.74) is 2.85. The number of aromatic amines is 1. The maximum atomic E-state index is 14.4. The van der Waals surface area contributed by atoms with Gasteiger partial charge in [0.1, 0.15) is 16.6 Å². The van der Waals surface area contributed by atoms with Gasteiger partial charge in [0.05, 0.1) is 5.69 Å². The van der Waals surface area contributed by atoms with Gasteiger partial charge in [-0.2, -0.15) is 10.1 Å². The highest BCUT2D eigenvalue weighted by molar-refractivity contribution is 7.84. The fourth-order valence-corrected chi connectivity index (χ4v) is 4.13. The van der Waals surface area contributed by atoms with Crippen LogP contribution in [0.25, 0.3) is 11.1 Å². The Labute approximate surface area is 187 Å². The van der Waals surface area contributed by atoms with Crippen LogP contribution < -0.4 is 5.32 Å². The van der Waals surface area contributed by atoms with E-state index in [-0.39, 0.29) is 28.9 Å². The molecule has 1 atom stereocenters. The quantitative estimate of drug-likeness (QED) is 0.416. The molecule has 3 heterocycles. The highest BCUT2D eigenvalue weighted by Crippen LogP contribution is 2.37. The fourth-order valence-electron chi connectivity index (χ4n) is 3.28. The Morgan fingerprint density at radius 1 is 1.19 bits per heavy atom. The Hall–Kier alpha value is -3.40. The average molecular weight is 454 g/mol. The predicted molar refractivity (Wildman–Crippen MR) is 121 cm³/mol. The zero-order valence-electron chi connectivity index (χ0n) is 18.2. The van der Waals surface area contributed by atoms with Gasteiger partial charge < -0.3 is 5.32 Å². The molecule has 0 bridgehead atoms. The molecule has 32 heavy (non-hydrogen) atoms. The highest BCUT2D eigenvalue weighted by atomic mass is 32.2. The molecule has 0 aliphatic carbocycles. The van der Waals surface area contributed by atoms with E-state index in [1.54, 1.807) is 35.4 Å². The van der Waals surface area contributed by atoms with Crippen molar-refractivity contribution in [2.45, 2.75) is 49.8 Å². The summed E-state index contributed by atoms with van der Waals surface area (Å²) in [5.74, 6) is -0.0675. The molecule has 0 aliphatic rings. The minimum Gasteiger partial charge on any atom is -0.322 e. The highest BCUT2D eigenvalue weighted by Gasteiger charge is 2.20. The van der Waals surface area contributed by atoms with E-state index in [0.717, 1.165) is 11.1 Å². The summed E-state index contributed by atoms with van der Waals surface area (Å²) in [5, 5.41) is 15.0. The van der Waals surface area contributed by atoms with Gasteiger partial charge in [-0.1, -0.05) is 19.9 Å². The SMILES string of the molecule is CC(C)c1cc(F)cc(-c2cccnc2)c1Nc1n[nH]c(S(=O)c2ccn(C(C)C)n2)n1. The molecule has 8 nitrogen and oxygen atoms in total. The number of nitrogens with zero attached hydrogens (tertiary/aromatic N) is 5. The average Bonchev–Trinajstić information content (AvgIpc) is 3.45. The summed E-state index contributed by atoms with van der Waals surface area (Å²) in [6, 6.07) is 8.46. The Morgan fingerprint density at radius 3 is 2.66 bits per heavy atom. The molecule has 0 saturated carbocycles. The maximum absolute atomic E-state index is 14.4. The molecule has 0 saturated heterocycles. The molecule has 2 N–H and O–H groups in total. The molecule has 10 heteroatoms. The van der Waals surface area contributed by atoms with Crippen molar-refractivity contribution in [1.82, 2.24) is 29.9 Å². The van der Waals surface area contributed by atoms with Gasteiger partial charge in [-0.3, -0.25) is 9.67 Å². The Morgan fingerprint density at radius 2 is 2.00 bits per heavy atom. The van der Waals surface area contributed by atoms with Gasteiger partial charge in [0.2, 0.25) is 11.1 Å². The summed E-state index contributed by atoms with van der Waals surface area (Å²) < 4.78 is 29.0. The van der Waals surface area contributed by atoms with E-state index in [0.29, 0.717) is 16.3 Å². The van der Waals surface area contributed by atoms with Crippen molar-refractivity contribution in [3.8, 4) is 11.1 Å². The fraction of sp³-hybridized carbons (Fsp3) is 0.273. The van der Waals surface area contributed by atoms with Crippen LogP contribution >= 0.6 is 0 Å². The van der Waals surface area contributed by atoms with Crippen LogP contribution in [0.2, 0.25) is 0 Å². The molecule has 4 rings (SSSR count). The van der Waals surface area contributed by atoms with Crippen molar-refractivity contribution in [1.29, 1.82) is 0 Å². The van der Waals surface area contributed by atoms with E-state index in [1.807, 2.05) is 33.8 Å². The van der Waals surface area contributed by atoms with E-state index in [1.165, 1.54) is 12.1 Å². The number of hydrogen-bond donors (Lipinski definition) is 2. The molecule has 3 aromatic heterocycles. The number of pyridine rings is 1. The van der Waals surface area contributed by atoms with Gasteiger partial charge in [-0.05, 0) is 49.6 Å². The minimum atomic E-state index is -1.61. The molecule has 166 valence electrons. The second kappa shape index (κ2) is 8.99. The molecule has 1 aromatic carbocycles. The molecule has 0 fully saturated rings. The number of benzene rings is 1. The topological polar surface area (TPSA) is 101 Å². The smallest absolute Gasteiger partial charge is 0.247 e. The third-order valence-electron chi connectivity index (χ3n) is 4.91. The summed E-state index contributed by atoms with van der Waals surface area (Å²) in [7, 11) is -1.61. The summed E-state index contributed by atoms with van der Waals surface area (Å²) in [6.45, 7) is 7.95. The van der Waals surface area contributed by atoms with Crippen LogP contribution in [0.5, 0.6) is 0 Å². The lowest BCUT2D eigenvalue weighted by atomic mass is 9.94. The van der Waals surface area contributed by atoms with Gasteiger partial charge >= 0.3 is 0 Å². The van der Waals surface area contributed by atoms with Crippen molar-refractivity contribution in [3.63, 3.8) is 0 Å². The Balaban J connectivity index is 1.69. The first-order chi connectivity index (χ1) is 15.3. The first-order valence-corrected chi connectivity index (χ1v) is 11.4. The largest absolute Gasteiger partial charge is 0.322 e. The number of H-pyrrole nitrogens is 1. The van der Waals surface area contributed by atoms with Crippen LogP contribution in [0.15, 0.2) is 59.1 Å². The lowest BCUT2D eigenvalue weighted by Gasteiger charge is -2.18. The van der Waals surface area contributed by atoms with E-state index in [2.05, 4.69) is 30.6 Å². The third-order valence-corrected chi connectivity index (χ3v) is 6.04. The molecular weight excluding hydrogens is 429 g/mol. The molecule has 0 spiro atoms. The first kappa shape index (κ1) is 21.8. The van der Waals surface area contributed by atoms with Gasteiger partial charge in [-0.15, -0.1) is 5.10 Å². The lowest BCUT2D eigenvalue weighted by molar-refractivity contribution is 0.520. The Bertz CT molecular complexity index is 1250. The standard InChI is InChI=1S/C22H24FN7OS/c1-13(2)17-10-16(23)11-18(15-6-5-8-24-12-15)20(17)25-21-26-22(28-27-21)32(31)19-7-9-30(29-19)14(3)4/h5-14H,1-4H3,(H2,25,26,27,28). The molecular formula is C22H24FN7OS. The lowest BCUT2D eigenvalue weighted by Crippen LogP contribution is -2.04. The zero-order chi connectivity index (χ0) is 22.8. The van der Waals surface area contributed by atoms with E-state index < -0.39 is 10.8 Å². The monoisotopic (exact) mass is 453 g/mol. The third kappa shape index (κ3) is 4.45. The molecule has 0 radical (unpaired) electrons. The van der Waals surface area contributed by atoms with Crippen LogP contribution in [-0.2, 0) is 10.8 Å². The van der Waals surface area contributed by atoms with Gasteiger partial charge in [0.25, 0.3) is 0 Å². The second-order valence-corrected chi connectivity index (χ2v) is 9.24. The normalized spacial score (nSPS) is 12.5. The second-order valence-electron chi connectivity index (χ2n) is 7.90. The zero-order valence-corrected chi connectivity index (χ0v) is 19.0. The van der Waals surface area contributed by atoms with Crippen LogP contribution in [0.4, 0.5) is 16.0 Å². The van der Waals surface area contributed by atoms with Gasteiger partial charge in [0, 0.05) is 35.8 Å².